The SMILES string of the molecule is CC.CCC(=O)Cc1ccccc1C. The molecule has 14 heavy (non-hydrogen) atoms. The Morgan fingerprint density at radius 2 is 1.79 bits per heavy atom. The average Bonchev–Trinajstić information content (AvgIpc) is 2.24. The third kappa shape index (κ3) is 4.22. The Morgan fingerprint density at radius 3 is 2.29 bits per heavy atom. The van der Waals surface area contributed by atoms with E-state index in [1.807, 2.05) is 52.0 Å². The lowest BCUT2D eigenvalue weighted by Gasteiger charge is -2.02. The van der Waals surface area contributed by atoms with Gasteiger partial charge in [-0.25, -0.2) is 0 Å². The maximum Gasteiger partial charge on any atom is 0.137 e. The summed E-state index contributed by atoms with van der Waals surface area (Å²) in [4.78, 5) is 11.1. The zero-order chi connectivity index (χ0) is 11.0. The molecule has 0 heterocycles. The summed E-state index contributed by atoms with van der Waals surface area (Å²) in [6, 6.07) is 8.03. The molecule has 78 valence electrons. The van der Waals surface area contributed by atoms with Crippen LogP contribution in [0.3, 0.4) is 0 Å². The lowest BCUT2D eigenvalue weighted by molar-refractivity contribution is -0.118. The summed E-state index contributed by atoms with van der Waals surface area (Å²) in [5.74, 6) is 0.310. The van der Waals surface area contributed by atoms with Crippen LogP contribution in [0, 0.1) is 6.92 Å². The van der Waals surface area contributed by atoms with E-state index >= 15 is 0 Å². The first kappa shape index (κ1) is 12.9. The quantitative estimate of drug-likeness (QED) is 0.716. The Labute approximate surface area is 87.2 Å². The van der Waals surface area contributed by atoms with Gasteiger partial charge in [0.05, 0.1) is 0 Å². The van der Waals surface area contributed by atoms with E-state index in [1.54, 1.807) is 0 Å². The number of aryl methyl sites for hydroxylation is 1. The molecule has 0 aliphatic carbocycles. The largest absolute Gasteiger partial charge is 0.299 e. The third-order valence-corrected chi connectivity index (χ3v) is 2.04. The van der Waals surface area contributed by atoms with Crippen LogP contribution in [0.25, 0.3) is 0 Å². The van der Waals surface area contributed by atoms with E-state index < -0.39 is 0 Å². The van der Waals surface area contributed by atoms with Crippen molar-refractivity contribution in [3.63, 3.8) is 0 Å². The van der Waals surface area contributed by atoms with Gasteiger partial charge >= 0.3 is 0 Å². The van der Waals surface area contributed by atoms with Gasteiger partial charge < -0.3 is 0 Å². The third-order valence-electron chi connectivity index (χ3n) is 2.04. The van der Waals surface area contributed by atoms with E-state index in [4.69, 9.17) is 0 Å². The van der Waals surface area contributed by atoms with E-state index in [1.165, 1.54) is 5.56 Å². The van der Waals surface area contributed by atoms with Crippen LogP contribution < -0.4 is 0 Å². The van der Waals surface area contributed by atoms with Crippen LogP contribution in [0.4, 0.5) is 0 Å². The molecular formula is C13H20O. The predicted molar refractivity (Wildman–Crippen MR) is 61.5 cm³/mol. The smallest absolute Gasteiger partial charge is 0.137 e. The first-order valence-corrected chi connectivity index (χ1v) is 5.30. The highest BCUT2D eigenvalue weighted by Crippen LogP contribution is 2.08. The molecule has 0 aromatic heterocycles. The van der Waals surface area contributed by atoms with Crippen LogP contribution in [-0.4, -0.2) is 5.78 Å². The maximum atomic E-state index is 11.1. The molecule has 0 saturated heterocycles. The molecule has 1 heteroatoms. The molecule has 1 rings (SSSR count). The highest BCUT2D eigenvalue weighted by molar-refractivity contribution is 5.80. The van der Waals surface area contributed by atoms with Crippen molar-refractivity contribution in [1.29, 1.82) is 0 Å². The second kappa shape index (κ2) is 7.31. The fourth-order valence-corrected chi connectivity index (χ4v) is 1.15. The van der Waals surface area contributed by atoms with Gasteiger partial charge in [0.15, 0.2) is 0 Å². The number of ketones is 1. The minimum absolute atomic E-state index is 0.310. The fraction of sp³-hybridized carbons (Fsp3) is 0.462. The number of rotatable bonds is 3. The molecule has 1 aromatic carbocycles. The Kier molecular flexibility index (Phi) is 6.73. The first-order chi connectivity index (χ1) is 6.74. The summed E-state index contributed by atoms with van der Waals surface area (Å²) < 4.78 is 0. The van der Waals surface area contributed by atoms with Crippen LogP contribution in [0.15, 0.2) is 24.3 Å². The van der Waals surface area contributed by atoms with E-state index in [-0.39, 0.29) is 0 Å². The average molecular weight is 192 g/mol. The first-order valence-electron chi connectivity index (χ1n) is 5.30. The number of benzene rings is 1. The molecule has 0 atom stereocenters. The van der Waals surface area contributed by atoms with E-state index in [2.05, 4.69) is 0 Å². The molecular weight excluding hydrogens is 172 g/mol. The molecule has 0 fully saturated rings. The Morgan fingerprint density at radius 1 is 1.21 bits per heavy atom. The number of carbonyl (C=O) groups is 1. The van der Waals surface area contributed by atoms with Gasteiger partial charge in [0.25, 0.3) is 0 Å². The number of carbonyl (C=O) groups excluding carboxylic acids is 1. The molecule has 0 radical (unpaired) electrons. The normalized spacial score (nSPS) is 8.86. The van der Waals surface area contributed by atoms with Crippen molar-refractivity contribution < 1.29 is 4.79 Å². The number of hydrogen-bond donors (Lipinski definition) is 0. The van der Waals surface area contributed by atoms with Crippen molar-refractivity contribution in [3.8, 4) is 0 Å². The molecule has 0 unspecified atom stereocenters. The van der Waals surface area contributed by atoms with Crippen molar-refractivity contribution in [2.24, 2.45) is 0 Å². The molecule has 0 N–H and O–H groups in total. The van der Waals surface area contributed by atoms with Gasteiger partial charge in [0.1, 0.15) is 5.78 Å². The molecule has 0 amide bonds. The highest BCUT2D eigenvalue weighted by Gasteiger charge is 2.01. The lowest BCUT2D eigenvalue weighted by atomic mass is 10.0. The Balaban J connectivity index is 0.000000791. The minimum atomic E-state index is 0.310. The summed E-state index contributed by atoms with van der Waals surface area (Å²) in [7, 11) is 0. The molecule has 1 nitrogen and oxygen atoms in total. The van der Waals surface area contributed by atoms with Crippen LogP contribution in [-0.2, 0) is 11.2 Å². The van der Waals surface area contributed by atoms with Gasteiger partial charge in [0, 0.05) is 12.8 Å². The lowest BCUT2D eigenvalue weighted by Crippen LogP contribution is -2.01. The molecule has 1 aromatic rings. The van der Waals surface area contributed by atoms with Gasteiger partial charge in [-0.3, -0.25) is 4.79 Å². The van der Waals surface area contributed by atoms with Gasteiger partial charge in [0.2, 0.25) is 0 Å². The Bertz CT molecular complexity index is 276. The Hall–Kier alpha value is -1.11. The van der Waals surface area contributed by atoms with Gasteiger partial charge in [-0.2, -0.15) is 0 Å². The van der Waals surface area contributed by atoms with E-state index in [9.17, 15) is 4.79 Å². The topological polar surface area (TPSA) is 17.1 Å². The highest BCUT2D eigenvalue weighted by atomic mass is 16.1. The molecule has 0 saturated carbocycles. The number of hydrogen-bond acceptors (Lipinski definition) is 1. The zero-order valence-corrected chi connectivity index (χ0v) is 9.63. The van der Waals surface area contributed by atoms with Crippen molar-refractivity contribution in [2.45, 2.75) is 40.5 Å². The second-order valence-electron chi connectivity index (χ2n) is 3.00. The minimum Gasteiger partial charge on any atom is -0.299 e. The van der Waals surface area contributed by atoms with Crippen LogP contribution in [0.2, 0.25) is 0 Å². The predicted octanol–water partition coefficient (Wildman–Crippen LogP) is 3.54. The van der Waals surface area contributed by atoms with Crippen molar-refractivity contribution in [1.82, 2.24) is 0 Å². The van der Waals surface area contributed by atoms with Crippen molar-refractivity contribution in [2.75, 3.05) is 0 Å². The summed E-state index contributed by atoms with van der Waals surface area (Å²) in [5, 5.41) is 0. The fourth-order valence-electron chi connectivity index (χ4n) is 1.15. The van der Waals surface area contributed by atoms with Crippen LogP contribution in [0.5, 0.6) is 0 Å². The van der Waals surface area contributed by atoms with Crippen molar-refractivity contribution >= 4 is 5.78 Å². The summed E-state index contributed by atoms with van der Waals surface area (Å²) in [6.07, 6.45) is 1.22. The van der Waals surface area contributed by atoms with Crippen molar-refractivity contribution in [3.05, 3.63) is 35.4 Å². The zero-order valence-electron chi connectivity index (χ0n) is 9.63. The second-order valence-corrected chi connectivity index (χ2v) is 3.00. The number of Topliss-reactive ketones (excluding diaryl/α,β-unsaturated/α-hetero) is 1. The molecule has 0 aliphatic rings. The molecule has 0 bridgehead atoms. The standard InChI is InChI=1S/C11H14O.C2H6/c1-3-11(12)8-10-7-5-4-6-9(10)2;1-2/h4-7H,3,8H2,1-2H3;1-2H3. The monoisotopic (exact) mass is 192 g/mol. The van der Waals surface area contributed by atoms with Crippen LogP contribution in [0.1, 0.15) is 38.3 Å². The van der Waals surface area contributed by atoms with E-state index in [0.29, 0.717) is 18.6 Å². The molecule has 0 aliphatic heterocycles. The maximum absolute atomic E-state index is 11.1. The summed E-state index contributed by atoms with van der Waals surface area (Å²) in [6.45, 7) is 7.94. The van der Waals surface area contributed by atoms with E-state index in [0.717, 1.165) is 5.56 Å². The molecule has 0 spiro atoms. The summed E-state index contributed by atoms with van der Waals surface area (Å²) >= 11 is 0. The van der Waals surface area contributed by atoms with Gasteiger partial charge in [-0.1, -0.05) is 45.0 Å². The van der Waals surface area contributed by atoms with Gasteiger partial charge in [-0.15, -0.1) is 0 Å². The van der Waals surface area contributed by atoms with Gasteiger partial charge in [-0.05, 0) is 18.1 Å². The van der Waals surface area contributed by atoms with Crippen LogP contribution >= 0.6 is 0 Å². The summed E-state index contributed by atoms with van der Waals surface area (Å²) in [5.41, 5.74) is 2.36.